The zero-order valence-corrected chi connectivity index (χ0v) is 24.6. The summed E-state index contributed by atoms with van der Waals surface area (Å²) < 4.78 is 35.2. The summed E-state index contributed by atoms with van der Waals surface area (Å²) in [7, 11) is -3.67. The number of carbonyl (C=O) groups is 2. The third-order valence-electron chi connectivity index (χ3n) is 5.89. The van der Waals surface area contributed by atoms with Crippen molar-refractivity contribution in [1.82, 2.24) is 19.7 Å². The lowest BCUT2D eigenvalue weighted by molar-refractivity contribution is -0.150. The van der Waals surface area contributed by atoms with Crippen LogP contribution in [-0.2, 0) is 43.9 Å². The van der Waals surface area contributed by atoms with E-state index in [0.717, 1.165) is 14.7 Å². The largest absolute Gasteiger partial charge is 0.465 e. The second-order valence-electron chi connectivity index (χ2n) is 8.87. The molecule has 0 bridgehead atoms. The van der Waals surface area contributed by atoms with Crippen LogP contribution in [0, 0.1) is 9.49 Å². The predicted molar refractivity (Wildman–Crippen MR) is 158 cm³/mol. The third kappa shape index (κ3) is 8.19. The Hall–Kier alpha value is -3.62. The molecule has 3 aromatic carbocycles. The van der Waals surface area contributed by atoms with Crippen molar-refractivity contribution in [3.8, 4) is 0 Å². The van der Waals surface area contributed by atoms with Crippen molar-refractivity contribution in [1.29, 1.82) is 0 Å². The monoisotopic (exact) mass is 673 g/mol. The number of ether oxygens (including phenoxy) is 1. The van der Waals surface area contributed by atoms with E-state index in [-0.39, 0.29) is 24.5 Å². The average molecular weight is 674 g/mol. The number of hydrogen-bond acceptors (Lipinski definition) is 7. The van der Waals surface area contributed by atoms with Gasteiger partial charge in [0, 0.05) is 9.26 Å². The zero-order chi connectivity index (χ0) is 28.5. The van der Waals surface area contributed by atoms with Crippen molar-refractivity contribution in [3.05, 3.63) is 105 Å². The minimum atomic E-state index is -3.67. The Morgan fingerprint density at radius 1 is 0.975 bits per heavy atom. The van der Waals surface area contributed by atoms with Gasteiger partial charge in [0.25, 0.3) is 0 Å². The summed E-state index contributed by atoms with van der Waals surface area (Å²) in [5.74, 6) is -1.98. The fraction of sp³-hybridized carbons (Fsp3) is 0.214. The first-order valence-electron chi connectivity index (χ1n) is 12.5. The third-order valence-corrected chi connectivity index (χ3v) is 8.03. The van der Waals surface area contributed by atoms with E-state index in [4.69, 9.17) is 4.74 Å². The molecule has 10 nitrogen and oxygen atoms in total. The summed E-state index contributed by atoms with van der Waals surface area (Å²) in [6.07, 6.45) is 1.90. The van der Waals surface area contributed by atoms with Crippen LogP contribution in [0.1, 0.15) is 23.7 Å². The molecule has 0 spiro atoms. The molecule has 1 unspecified atom stereocenters. The van der Waals surface area contributed by atoms with Gasteiger partial charge in [-0.15, -0.1) is 5.10 Å². The van der Waals surface area contributed by atoms with Crippen molar-refractivity contribution in [2.24, 2.45) is 5.92 Å². The molecular formula is C28H28IN5O5S. The summed E-state index contributed by atoms with van der Waals surface area (Å²) in [5, 5.41) is 10.9. The molecule has 1 heterocycles. The normalized spacial score (nSPS) is 12.1. The van der Waals surface area contributed by atoms with Gasteiger partial charge in [-0.2, -0.15) is 0 Å². The zero-order valence-electron chi connectivity index (χ0n) is 21.7. The number of carbonyl (C=O) groups excluding carboxylic acids is 2. The topological polar surface area (TPSA) is 132 Å². The molecule has 1 atom stereocenters. The molecule has 40 heavy (non-hydrogen) atoms. The van der Waals surface area contributed by atoms with Crippen LogP contribution in [0.2, 0.25) is 0 Å². The van der Waals surface area contributed by atoms with Crippen LogP contribution in [0.25, 0.3) is 0 Å². The Balaban J connectivity index is 1.33. The van der Waals surface area contributed by atoms with Gasteiger partial charge in [-0.05, 0) is 83.5 Å². The number of nitrogens with zero attached hydrogens (tertiary/aromatic N) is 3. The van der Waals surface area contributed by atoms with Crippen LogP contribution in [-0.4, -0.2) is 41.9 Å². The van der Waals surface area contributed by atoms with Crippen LogP contribution in [0.3, 0.4) is 0 Å². The standard InChI is InChI=1S/C28H28IN5O5S/c1-2-39-28(36)26(16-20-6-4-3-5-7-20)27(35)31-23-12-8-21(9-13-23)18-34-19-24(32-33-34)17-30-40(37,38)25-14-10-22(29)11-15-25/h3-15,19,26,30H,2,16-18H2,1H3,(H,31,35). The Bertz CT molecular complexity index is 1540. The van der Waals surface area contributed by atoms with Crippen molar-refractivity contribution >= 4 is 50.2 Å². The maximum Gasteiger partial charge on any atom is 0.318 e. The van der Waals surface area contributed by atoms with E-state index >= 15 is 0 Å². The van der Waals surface area contributed by atoms with Gasteiger partial charge in [-0.1, -0.05) is 47.7 Å². The lowest BCUT2D eigenvalue weighted by Gasteiger charge is -2.16. The molecule has 4 rings (SSSR count). The van der Waals surface area contributed by atoms with E-state index in [2.05, 4.69) is 42.9 Å². The number of rotatable bonds is 12. The van der Waals surface area contributed by atoms with Crippen LogP contribution in [0.4, 0.5) is 5.69 Å². The maximum absolute atomic E-state index is 13.0. The number of sulfonamides is 1. The lowest BCUT2D eigenvalue weighted by atomic mass is 9.98. The van der Waals surface area contributed by atoms with E-state index in [1.54, 1.807) is 54.2 Å². The molecule has 12 heteroatoms. The molecule has 0 radical (unpaired) electrons. The minimum absolute atomic E-state index is 0.00387. The SMILES string of the molecule is CCOC(=O)C(Cc1ccccc1)C(=O)Nc1ccc(Cn2cc(CNS(=O)(=O)c3ccc(I)cc3)nn2)cc1. The van der Waals surface area contributed by atoms with E-state index in [9.17, 15) is 18.0 Å². The van der Waals surface area contributed by atoms with Crippen LogP contribution in [0.15, 0.2) is 90.0 Å². The maximum atomic E-state index is 13.0. The highest BCUT2D eigenvalue weighted by Gasteiger charge is 2.28. The van der Waals surface area contributed by atoms with Gasteiger partial charge in [-0.25, -0.2) is 17.8 Å². The number of nitrogens with one attached hydrogen (secondary N) is 2. The van der Waals surface area contributed by atoms with E-state index < -0.39 is 27.8 Å². The summed E-state index contributed by atoms with van der Waals surface area (Å²) in [6.45, 7) is 2.29. The number of esters is 1. The Morgan fingerprint density at radius 3 is 2.35 bits per heavy atom. The smallest absolute Gasteiger partial charge is 0.318 e. The van der Waals surface area contributed by atoms with E-state index in [0.29, 0.717) is 17.9 Å². The molecule has 0 aliphatic carbocycles. The Labute approximate surface area is 246 Å². The second kappa shape index (κ2) is 13.6. The fourth-order valence-corrected chi connectivity index (χ4v) is 5.21. The number of amides is 1. The number of hydrogen-bond donors (Lipinski definition) is 2. The highest BCUT2D eigenvalue weighted by Crippen LogP contribution is 2.17. The quantitative estimate of drug-likeness (QED) is 0.133. The number of halogens is 1. The van der Waals surface area contributed by atoms with E-state index in [1.165, 1.54) is 0 Å². The molecule has 0 aliphatic rings. The molecule has 0 fully saturated rings. The summed E-state index contributed by atoms with van der Waals surface area (Å²) in [6, 6.07) is 23.0. The lowest BCUT2D eigenvalue weighted by Crippen LogP contribution is -2.33. The summed E-state index contributed by atoms with van der Waals surface area (Å²) in [4.78, 5) is 25.6. The molecule has 1 amide bonds. The second-order valence-corrected chi connectivity index (χ2v) is 11.9. The molecule has 2 N–H and O–H groups in total. The van der Waals surface area contributed by atoms with Crippen LogP contribution < -0.4 is 10.0 Å². The summed E-state index contributed by atoms with van der Waals surface area (Å²) >= 11 is 2.11. The van der Waals surface area contributed by atoms with Crippen molar-refractivity contribution < 1.29 is 22.7 Å². The fourth-order valence-electron chi connectivity index (χ4n) is 3.85. The molecule has 0 aliphatic heterocycles. The van der Waals surface area contributed by atoms with Gasteiger partial charge in [0.2, 0.25) is 15.9 Å². The molecule has 1 aromatic heterocycles. The number of aromatic nitrogens is 3. The van der Waals surface area contributed by atoms with Crippen molar-refractivity contribution in [3.63, 3.8) is 0 Å². The van der Waals surface area contributed by atoms with Crippen LogP contribution >= 0.6 is 22.6 Å². The molecule has 0 saturated carbocycles. The molecule has 4 aromatic rings. The van der Waals surface area contributed by atoms with Crippen LogP contribution in [0.5, 0.6) is 0 Å². The van der Waals surface area contributed by atoms with Gasteiger partial charge in [0.15, 0.2) is 0 Å². The first-order valence-corrected chi connectivity index (χ1v) is 15.0. The highest BCUT2D eigenvalue weighted by molar-refractivity contribution is 14.1. The minimum Gasteiger partial charge on any atom is -0.465 e. The first-order chi connectivity index (χ1) is 19.2. The van der Waals surface area contributed by atoms with Gasteiger partial charge < -0.3 is 10.1 Å². The Morgan fingerprint density at radius 2 is 1.68 bits per heavy atom. The first kappa shape index (κ1) is 29.4. The highest BCUT2D eigenvalue weighted by atomic mass is 127. The van der Waals surface area contributed by atoms with Crippen molar-refractivity contribution in [2.45, 2.75) is 31.3 Å². The average Bonchev–Trinajstić information content (AvgIpc) is 3.40. The number of benzene rings is 3. The summed E-state index contributed by atoms with van der Waals surface area (Å²) in [5.41, 5.74) is 2.77. The molecule has 208 valence electrons. The van der Waals surface area contributed by atoms with Gasteiger partial charge in [0.05, 0.1) is 36.5 Å². The van der Waals surface area contributed by atoms with Gasteiger partial charge >= 0.3 is 5.97 Å². The van der Waals surface area contributed by atoms with Gasteiger partial charge in [-0.3, -0.25) is 9.59 Å². The molecular weight excluding hydrogens is 645 g/mol. The molecule has 0 saturated heterocycles. The predicted octanol–water partition coefficient (Wildman–Crippen LogP) is 3.77. The number of anilines is 1. The Kier molecular flexibility index (Phi) is 10.0. The van der Waals surface area contributed by atoms with E-state index in [1.807, 2.05) is 42.5 Å². The van der Waals surface area contributed by atoms with Gasteiger partial charge in [0.1, 0.15) is 5.92 Å². The van der Waals surface area contributed by atoms with Crippen molar-refractivity contribution in [2.75, 3.05) is 11.9 Å².